The minimum atomic E-state index is -0.382. The quantitative estimate of drug-likeness (QED) is 0.835. The predicted octanol–water partition coefficient (Wildman–Crippen LogP) is 3.38. The van der Waals surface area contributed by atoms with Crippen LogP contribution in [-0.4, -0.2) is 30.1 Å². The van der Waals surface area contributed by atoms with E-state index in [4.69, 9.17) is 0 Å². The molecule has 1 atom stereocenters. The summed E-state index contributed by atoms with van der Waals surface area (Å²) in [6.45, 7) is 10.2. The van der Waals surface area contributed by atoms with Gasteiger partial charge in [0.1, 0.15) is 0 Å². The summed E-state index contributed by atoms with van der Waals surface area (Å²) in [5.74, 6) is 0. The number of aliphatic hydroxyl groups is 1. The average Bonchev–Trinajstić information content (AvgIpc) is 2.24. The summed E-state index contributed by atoms with van der Waals surface area (Å²) in [6, 6.07) is 4.30. The van der Waals surface area contributed by atoms with E-state index in [-0.39, 0.29) is 6.10 Å². The van der Waals surface area contributed by atoms with E-state index < -0.39 is 0 Å². The van der Waals surface area contributed by atoms with Gasteiger partial charge >= 0.3 is 0 Å². The molecule has 0 saturated carbocycles. The fourth-order valence-corrected chi connectivity index (χ4v) is 2.62. The second-order valence-corrected chi connectivity index (χ2v) is 5.44. The van der Waals surface area contributed by atoms with E-state index in [0.717, 1.165) is 12.1 Å². The Bertz CT molecular complexity index is 364. The van der Waals surface area contributed by atoms with Crippen LogP contribution in [0.2, 0.25) is 0 Å². The molecule has 0 spiro atoms. The summed E-state index contributed by atoms with van der Waals surface area (Å²) >= 11 is 0. The molecule has 1 N–H and O–H groups in total. The highest BCUT2D eigenvalue weighted by Crippen LogP contribution is 2.24. The predicted molar refractivity (Wildman–Crippen MR) is 78.0 cm³/mol. The first-order chi connectivity index (χ1) is 8.45. The Balaban J connectivity index is 2.75. The van der Waals surface area contributed by atoms with E-state index in [1.54, 1.807) is 0 Å². The molecule has 0 amide bonds. The van der Waals surface area contributed by atoms with Crippen LogP contribution in [0.5, 0.6) is 0 Å². The number of rotatable bonds is 6. The summed E-state index contributed by atoms with van der Waals surface area (Å²) in [4.78, 5) is 2.22. The third-order valence-corrected chi connectivity index (χ3v) is 3.45. The van der Waals surface area contributed by atoms with Crippen molar-refractivity contribution in [1.82, 2.24) is 4.90 Å². The molecule has 0 radical (unpaired) electrons. The van der Waals surface area contributed by atoms with Crippen LogP contribution >= 0.6 is 0 Å². The molecule has 0 saturated heterocycles. The van der Waals surface area contributed by atoms with Crippen LogP contribution in [0.3, 0.4) is 0 Å². The molecular formula is C16H27NO. The van der Waals surface area contributed by atoms with E-state index in [9.17, 15) is 5.11 Å². The van der Waals surface area contributed by atoms with Gasteiger partial charge in [0.2, 0.25) is 0 Å². The average molecular weight is 249 g/mol. The van der Waals surface area contributed by atoms with Crippen molar-refractivity contribution < 1.29 is 5.11 Å². The first-order valence-electron chi connectivity index (χ1n) is 6.90. The fraction of sp³-hybridized carbons (Fsp3) is 0.625. The van der Waals surface area contributed by atoms with Gasteiger partial charge in [-0.2, -0.15) is 0 Å². The molecule has 0 aromatic heterocycles. The van der Waals surface area contributed by atoms with Gasteiger partial charge in [-0.3, -0.25) is 0 Å². The van der Waals surface area contributed by atoms with Crippen LogP contribution in [0.1, 0.15) is 48.1 Å². The summed E-state index contributed by atoms with van der Waals surface area (Å²) in [5, 5.41) is 10.4. The van der Waals surface area contributed by atoms with Gasteiger partial charge in [-0.25, -0.2) is 0 Å². The van der Waals surface area contributed by atoms with Crippen molar-refractivity contribution in [2.45, 2.75) is 46.6 Å². The molecule has 102 valence electrons. The molecule has 0 bridgehead atoms. The van der Waals surface area contributed by atoms with Crippen molar-refractivity contribution in [3.63, 3.8) is 0 Å². The Morgan fingerprint density at radius 2 is 1.72 bits per heavy atom. The van der Waals surface area contributed by atoms with Crippen molar-refractivity contribution >= 4 is 0 Å². The van der Waals surface area contributed by atoms with Crippen molar-refractivity contribution in [2.24, 2.45) is 0 Å². The largest absolute Gasteiger partial charge is 0.387 e. The molecule has 0 fully saturated rings. The number of unbranched alkanes of at least 4 members (excludes halogenated alkanes) is 1. The van der Waals surface area contributed by atoms with E-state index in [0.29, 0.717) is 6.54 Å². The van der Waals surface area contributed by atoms with Crippen molar-refractivity contribution in [3.8, 4) is 0 Å². The lowest BCUT2D eigenvalue weighted by Crippen LogP contribution is -2.26. The highest BCUT2D eigenvalue weighted by molar-refractivity contribution is 5.39. The van der Waals surface area contributed by atoms with Gasteiger partial charge in [0.25, 0.3) is 0 Å². The van der Waals surface area contributed by atoms with Crippen LogP contribution in [0.4, 0.5) is 0 Å². The molecule has 0 heterocycles. The zero-order valence-electron chi connectivity index (χ0n) is 12.5. The standard InChI is InChI=1S/C16H27NO/c1-6-7-8-17(5)11-15(18)16-13(3)9-12(2)10-14(16)4/h9-10,15,18H,6-8,11H2,1-5H3. The lowest BCUT2D eigenvalue weighted by molar-refractivity contribution is 0.125. The molecule has 18 heavy (non-hydrogen) atoms. The Morgan fingerprint density at radius 1 is 1.17 bits per heavy atom. The number of likely N-dealkylation sites (N-methyl/N-ethyl adjacent to an activating group) is 1. The summed E-state index contributed by atoms with van der Waals surface area (Å²) in [6.07, 6.45) is 2.01. The zero-order valence-corrected chi connectivity index (χ0v) is 12.5. The van der Waals surface area contributed by atoms with Gasteiger partial charge in [-0.15, -0.1) is 0 Å². The number of aliphatic hydroxyl groups excluding tert-OH is 1. The number of nitrogens with zero attached hydrogens (tertiary/aromatic N) is 1. The van der Waals surface area contributed by atoms with Crippen molar-refractivity contribution in [3.05, 3.63) is 34.4 Å². The molecule has 2 nitrogen and oxygen atoms in total. The highest BCUT2D eigenvalue weighted by Gasteiger charge is 2.15. The second kappa shape index (κ2) is 6.91. The number of hydrogen-bond donors (Lipinski definition) is 1. The normalized spacial score (nSPS) is 13.1. The Morgan fingerprint density at radius 3 is 2.22 bits per heavy atom. The van der Waals surface area contributed by atoms with E-state index in [1.165, 1.54) is 29.5 Å². The third kappa shape index (κ3) is 4.11. The van der Waals surface area contributed by atoms with Gasteiger partial charge in [0.15, 0.2) is 0 Å². The molecule has 1 rings (SSSR count). The summed E-state index contributed by atoms with van der Waals surface area (Å²) in [5.41, 5.74) is 4.76. The van der Waals surface area contributed by atoms with Crippen LogP contribution in [0, 0.1) is 20.8 Å². The summed E-state index contributed by atoms with van der Waals surface area (Å²) < 4.78 is 0. The first-order valence-corrected chi connectivity index (χ1v) is 6.90. The molecule has 0 aliphatic rings. The SMILES string of the molecule is CCCCN(C)CC(O)c1c(C)cc(C)cc1C. The van der Waals surface area contributed by atoms with Gasteiger partial charge in [0, 0.05) is 6.54 Å². The van der Waals surface area contributed by atoms with E-state index in [1.807, 2.05) is 0 Å². The number of aryl methyl sites for hydroxylation is 3. The van der Waals surface area contributed by atoms with Crippen LogP contribution in [0.15, 0.2) is 12.1 Å². The molecule has 1 aromatic rings. The fourth-order valence-electron chi connectivity index (χ4n) is 2.62. The van der Waals surface area contributed by atoms with Gasteiger partial charge in [0.05, 0.1) is 6.10 Å². The smallest absolute Gasteiger partial charge is 0.0921 e. The van der Waals surface area contributed by atoms with Gasteiger partial charge in [-0.05, 0) is 57.5 Å². The van der Waals surface area contributed by atoms with Gasteiger partial charge in [-0.1, -0.05) is 31.0 Å². The minimum absolute atomic E-state index is 0.382. The Hall–Kier alpha value is -0.860. The third-order valence-electron chi connectivity index (χ3n) is 3.45. The van der Waals surface area contributed by atoms with Crippen molar-refractivity contribution in [2.75, 3.05) is 20.1 Å². The monoisotopic (exact) mass is 249 g/mol. The maximum atomic E-state index is 10.4. The van der Waals surface area contributed by atoms with Crippen LogP contribution in [-0.2, 0) is 0 Å². The van der Waals surface area contributed by atoms with E-state index >= 15 is 0 Å². The number of benzene rings is 1. The van der Waals surface area contributed by atoms with Crippen LogP contribution in [0.25, 0.3) is 0 Å². The molecule has 1 aromatic carbocycles. The molecule has 0 aliphatic carbocycles. The molecule has 0 aliphatic heterocycles. The Labute approximate surface area is 112 Å². The lowest BCUT2D eigenvalue weighted by atomic mass is 9.95. The van der Waals surface area contributed by atoms with Crippen LogP contribution < -0.4 is 0 Å². The topological polar surface area (TPSA) is 23.5 Å². The first kappa shape index (κ1) is 15.2. The van der Waals surface area contributed by atoms with Gasteiger partial charge < -0.3 is 10.0 Å². The second-order valence-electron chi connectivity index (χ2n) is 5.44. The highest BCUT2D eigenvalue weighted by atomic mass is 16.3. The minimum Gasteiger partial charge on any atom is -0.387 e. The Kier molecular flexibility index (Phi) is 5.83. The zero-order chi connectivity index (χ0) is 13.7. The molecular weight excluding hydrogens is 222 g/mol. The summed E-state index contributed by atoms with van der Waals surface area (Å²) in [7, 11) is 2.08. The maximum Gasteiger partial charge on any atom is 0.0921 e. The number of hydrogen-bond acceptors (Lipinski definition) is 2. The molecule has 2 heteroatoms. The van der Waals surface area contributed by atoms with Crippen molar-refractivity contribution in [1.29, 1.82) is 0 Å². The lowest BCUT2D eigenvalue weighted by Gasteiger charge is -2.23. The van der Waals surface area contributed by atoms with E-state index in [2.05, 4.69) is 51.8 Å². The molecule has 1 unspecified atom stereocenters. The maximum absolute atomic E-state index is 10.4.